The summed E-state index contributed by atoms with van der Waals surface area (Å²) in [7, 11) is 0. The van der Waals surface area contributed by atoms with Gasteiger partial charge in [-0.1, -0.05) is 23.1 Å². The second-order valence-corrected chi connectivity index (χ2v) is 7.11. The fourth-order valence-electron chi connectivity index (χ4n) is 2.16. The molecule has 2 heterocycles. The number of aryl methyl sites for hydroxylation is 2. The number of rotatable bonds is 4. The number of thioether (sulfide) groups is 1. The molecule has 0 radical (unpaired) electrons. The Morgan fingerprint density at radius 2 is 2.16 bits per heavy atom. The third-order valence-corrected chi connectivity index (χ3v) is 5.13. The van der Waals surface area contributed by atoms with Crippen molar-refractivity contribution in [3.05, 3.63) is 41.1 Å². The number of amides is 1. The molecular formula is C16H12FN5OS2. The van der Waals surface area contributed by atoms with E-state index in [9.17, 15) is 14.4 Å². The predicted molar refractivity (Wildman–Crippen MR) is 95.2 cm³/mol. The highest BCUT2D eigenvalue weighted by Crippen LogP contribution is 2.27. The van der Waals surface area contributed by atoms with Crippen molar-refractivity contribution in [2.45, 2.75) is 18.9 Å². The van der Waals surface area contributed by atoms with Crippen molar-refractivity contribution in [1.29, 1.82) is 5.26 Å². The summed E-state index contributed by atoms with van der Waals surface area (Å²) < 4.78 is 13.9. The number of fused-ring (bicyclic) bond motifs is 1. The third kappa shape index (κ3) is 3.92. The molecule has 2 aromatic heterocycles. The molecule has 0 fully saturated rings. The molecule has 0 saturated carbocycles. The van der Waals surface area contributed by atoms with Gasteiger partial charge in [0.2, 0.25) is 5.91 Å². The Morgan fingerprint density at radius 3 is 2.92 bits per heavy atom. The topological polar surface area (TPSA) is 91.6 Å². The minimum Gasteiger partial charge on any atom is -0.301 e. The lowest BCUT2D eigenvalue weighted by Crippen LogP contribution is -2.14. The first-order valence-corrected chi connectivity index (χ1v) is 9.00. The number of hydrogen-bond donors (Lipinski definition) is 1. The molecule has 0 atom stereocenters. The highest BCUT2D eigenvalue weighted by atomic mass is 32.2. The van der Waals surface area contributed by atoms with Gasteiger partial charge in [0, 0.05) is 0 Å². The van der Waals surface area contributed by atoms with E-state index < -0.39 is 0 Å². The number of nitriles is 1. The van der Waals surface area contributed by atoms with E-state index in [1.54, 1.807) is 19.9 Å². The first-order chi connectivity index (χ1) is 12.0. The fraction of sp³-hybridized carbons (Fsp3) is 0.188. The van der Waals surface area contributed by atoms with Gasteiger partial charge in [-0.05, 0) is 32.0 Å². The quantitative estimate of drug-likeness (QED) is 0.556. The summed E-state index contributed by atoms with van der Waals surface area (Å²) >= 11 is 2.37. The van der Waals surface area contributed by atoms with Crippen molar-refractivity contribution < 1.29 is 9.18 Å². The van der Waals surface area contributed by atoms with E-state index in [2.05, 4.69) is 26.3 Å². The lowest BCUT2D eigenvalue weighted by molar-refractivity contribution is -0.113. The highest BCUT2D eigenvalue weighted by Gasteiger charge is 2.14. The van der Waals surface area contributed by atoms with Crippen LogP contribution in [0.1, 0.15) is 17.1 Å². The van der Waals surface area contributed by atoms with Crippen LogP contribution in [0.5, 0.6) is 0 Å². The lowest BCUT2D eigenvalue weighted by Gasteiger charge is -2.06. The molecule has 25 heavy (non-hydrogen) atoms. The average molecular weight is 373 g/mol. The van der Waals surface area contributed by atoms with Crippen LogP contribution >= 0.6 is 23.1 Å². The van der Waals surface area contributed by atoms with Crippen LogP contribution in [0, 0.1) is 31.0 Å². The minimum absolute atomic E-state index is 0.0782. The summed E-state index contributed by atoms with van der Waals surface area (Å²) in [6.45, 7) is 3.47. The zero-order valence-electron chi connectivity index (χ0n) is 13.3. The smallest absolute Gasteiger partial charge is 0.236 e. The first-order valence-electron chi connectivity index (χ1n) is 7.20. The second kappa shape index (κ2) is 7.13. The van der Waals surface area contributed by atoms with Crippen LogP contribution in [0.2, 0.25) is 0 Å². The monoisotopic (exact) mass is 373 g/mol. The molecule has 1 amide bonds. The van der Waals surface area contributed by atoms with E-state index in [4.69, 9.17) is 0 Å². The number of nitrogens with one attached hydrogen (secondary N) is 1. The maximum atomic E-state index is 13.2. The van der Waals surface area contributed by atoms with Gasteiger partial charge in [0.25, 0.3) is 0 Å². The number of nitrogens with zero attached hydrogens (tertiary/aromatic N) is 4. The van der Waals surface area contributed by atoms with Gasteiger partial charge >= 0.3 is 0 Å². The summed E-state index contributed by atoms with van der Waals surface area (Å²) in [4.78, 5) is 24.7. The summed E-state index contributed by atoms with van der Waals surface area (Å²) in [5.41, 5.74) is 1.59. The summed E-state index contributed by atoms with van der Waals surface area (Å²) in [6.07, 6.45) is 0. The van der Waals surface area contributed by atoms with Gasteiger partial charge in [-0.25, -0.2) is 19.3 Å². The Morgan fingerprint density at radius 1 is 1.36 bits per heavy atom. The Hall–Kier alpha value is -2.57. The normalized spacial score (nSPS) is 10.6. The second-order valence-electron chi connectivity index (χ2n) is 5.12. The first kappa shape index (κ1) is 17.3. The van der Waals surface area contributed by atoms with Crippen LogP contribution in [0.25, 0.3) is 10.2 Å². The van der Waals surface area contributed by atoms with Crippen LogP contribution in [0.4, 0.5) is 9.52 Å². The Bertz CT molecular complexity index is 1010. The highest BCUT2D eigenvalue weighted by molar-refractivity contribution is 8.00. The van der Waals surface area contributed by atoms with Crippen LogP contribution in [0.3, 0.4) is 0 Å². The van der Waals surface area contributed by atoms with Crippen molar-refractivity contribution in [2.75, 3.05) is 11.1 Å². The molecule has 3 rings (SSSR count). The SMILES string of the molecule is Cc1nc(C)c(C#N)c(SCC(=O)Nc2nc3ccc(F)cc3s2)n1. The standard InChI is InChI=1S/C16H12FN5OS2/c1-8-11(6-18)15(20-9(2)19-8)24-7-14(23)22-16-21-12-4-3-10(17)5-13(12)25-16/h3-5H,7H2,1-2H3,(H,21,22,23). The number of halogens is 1. The van der Waals surface area contributed by atoms with Gasteiger partial charge in [0.1, 0.15) is 28.3 Å². The molecule has 0 aliphatic rings. The number of thiazole rings is 1. The molecule has 0 bridgehead atoms. The molecule has 0 spiro atoms. The number of carbonyl (C=O) groups excluding carboxylic acids is 1. The van der Waals surface area contributed by atoms with E-state index in [1.165, 1.54) is 35.2 Å². The third-order valence-electron chi connectivity index (χ3n) is 3.22. The Kier molecular flexibility index (Phi) is 4.92. The van der Waals surface area contributed by atoms with Crippen molar-refractivity contribution in [3.8, 4) is 6.07 Å². The van der Waals surface area contributed by atoms with E-state index >= 15 is 0 Å². The average Bonchev–Trinajstić information content (AvgIpc) is 2.93. The maximum Gasteiger partial charge on any atom is 0.236 e. The largest absolute Gasteiger partial charge is 0.301 e. The zero-order valence-corrected chi connectivity index (χ0v) is 15.0. The van der Waals surface area contributed by atoms with E-state index in [-0.39, 0.29) is 17.5 Å². The number of hydrogen-bond acceptors (Lipinski definition) is 7. The summed E-state index contributed by atoms with van der Waals surface area (Å²) in [6, 6.07) is 6.33. The van der Waals surface area contributed by atoms with Gasteiger partial charge in [-0.2, -0.15) is 5.26 Å². The fourth-order valence-corrected chi connectivity index (χ4v) is 3.94. The number of aromatic nitrogens is 3. The molecule has 3 aromatic rings. The Balaban J connectivity index is 1.70. The molecule has 9 heteroatoms. The molecule has 1 aromatic carbocycles. The van der Waals surface area contributed by atoms with E-state index in [0.29, 0.717) is 37.5 Å². The Labute approximate surface area is 151 Å². The van der Waals surface area contributed by atoms with Crippen LogP contribution in [-0.2, 0) is 4.79 Å². The zero-order chi connectivity index (χ0) is 18.0. The van der Waals surface area contributed by atoms with Gasteiger partial charge < -0.3 is 5.32 Å². The molecular weight excluding hydrogens is 361 g/mol. The minimum atomic E-state index is -0.344. The van der Waals surface area contributed by atoms with Gasteiger partial charge in [0.05, 0.1) is 21.7 Å². The van der Waals surface area contributed by atoms with Crippen molar-refractivity contribution in [3.63, 3.8) is 0 Å². The van der Waals surface area contributed by atoms with E-state index in [1.807, 2.05) is 0 Å². The lowest BCUT2D eigenvalue weighted by atomic mass is 10.3. The molecule has 126 valence electrons. The van der Waals surface area contributed by atoms with Crippen molar-refractivity contribution >= 4 is 44.4 Å². The summed E-state index contributed by atoms with van der Waals surface area (Å²) in [5, 5.41) is 12.8. The number of anilines is 1. The molecule has 0 aliphatic carbocycles. The van der Waals surface area contributed by atoms with Crippen molar-refractivity contribution in [2.24, 2.45) is 0 Å². The van der Waals surface area contributed by atoms with Gasteiger partial charge in [0.15, 0.2) is 5.13 Å². The van der Waals surface area contributed by atoms with Crippen molar-refractivity contribution in [1.82, 2.24) is 15.0 Å². The van der Waals surface area contributed by atoms with Gasteiger partial charge in [-0.3, -0.25) is 4.79 Å². The summed E-state index contributed by atoms with van der Waals surface area (Å²) in [5.74, 6) is 0.00699. The predicted octanol–water partition coefficient (Wildman–Crippen LogP) is 3.44. The molecule has 0 saturated heterocycles. The molecule has 6 nitrogen and oxygen atoms in total. The molecule has 0 aliphatic heterocycles. The maximum absolute atomic E-state index is 13.2. The molecule has 1 N–H and O–H groups in total. The van der Waals surface area contributed by atoms with Crippen LogP contribution in [-0.4, -0.2) is 26.6 Å². The van der Waals surface area contributed by atoms with E-state index in [0.717, 1.165) is 0 Å². The van der Waals surface area contributed by atoms with Gasteiger partial charge in [-0.15, -0.1) is 0 Å². The van der Waals surface area contributed by atoms with Crippen LogP contribution < -0.4 is 5.32 Å². The number of benzene rings is 1. The number of carbonyl (C=O) groups is 1. The molecule has 0 unspecified atom stereocenters. The van der Waals surface area contributed by atoms with Crippen LogP contribution in [0.15, 0.2) is 23.2 Å².